The van der Waals surface area contributed by atoms with Crippen LogP contribution in [0.5, 0.6) is 0 Å². The Balaban J connectivity index is 0.00000147. The van der Waals surface area contributed by atoms with E-state index in [-0.39, 0.29) is 12.4 Å². The average Bonchev–Trinajstić information content (AvgIpc) is 2.94. The van der Waals surface area contributed by atoms with Gasteiger partial charge in [-0.25, -0.2) is 0 Å². The molecule has 1 saturated heterocycles. The van der Waals surface area contributed by atoms with Crippen LogP contribution in [-0.2, 0) is 13.0 Å². The molecule has 0 amide bonds. The SMILES string of the molecule is CCc1cccc(Cl)c1CN1CC2CCC(N)C2C1.Cl. The molecule has 1 aliphatic heterocycles. The van der Waals surface area contributed by atoms with E-state index in [0.717, 1.165) is 30.5 Å². The third kappa shape index (κ3) is 2.99. The van der Waals surface area contributed by atoms with E-state index < -0.39 is 0 Å². The number of nitrogens with two attached hydrogens (primary N) is 1. The Morgan fingerprint density at radius 1 is 1.30 bits per heavy atom. The molecule has 1 aromatic rings. The highest BCUT2D eigenvalue weighted by Gasteiger charge is 2.40. The van der Waals surface area contributed by atoms with Crippen molar-refractivity contribution in [3.63, 3.8) is 0 Å². The minimum Gasteiger partial charge on any atom is -0.327 e. The number of fused-ring (bicyclic) bond motifs is 1. The minimum atomic E-state index is 0. The molecule has 1 aromatic carbocycles. The van der Waals surface area contributed by atoms with Crippen molar-refractivity contribution in [3.05, 3.63) is 34.3 Å². The monoisotopic (exact) mass is 314 g/mol. The lowest BCUT2D eigenvalue weighted by Crippen LogP contribution is -2.30. The first kappa shape index (κ1) is 16.1. The van der Waals surface area contributed by atoms with Gasteiger partial charge in [0.2, 0.25) is 0 Å². The molecule has 0 radical (unpaired) electrons. The first-order valence-corrected chi connectivity index (χ1v) is 7.81. The Kier molecular flexibility index (Phi) is 5.36. The number of benzene rings is 1. The number of hydrogen-bond donors (Lipinski definition) is 1. The average molecular weight is 315 g/mol. The second-order valence-corrected chi connectivity index (χ2v) is 6.50. The summed E-state index contributed by atoms with van der Waals surface area (Å²) >= 11 is 6.38. The van der Waals surface area contributed by atoms with E-state index in [2.05, 4.69) is 24.0 Å². The summed E-state index contributed by atoms with van der Waals surface area (Å²) in [6.45, 7) is 5.54. The van der Waals surface area contributed by atoms with Crippen molar-refractivity contribution in [1.82, 2.24) is 4.90 Å². The summed E-state index contributed by atoms with van der Waals surface area (Å²) in [4.78, 5) is 2.55. The van der Waals surface area contributed by atoms with Crippen molar-refractivity contribution in [2.45, 2.75) is 38.8 Å². The molecule has 3 rings (SSSR count). The standard InChI is InChI=1S/C16H23ClN2.ClH/c1-2-11-4-3-5-15(17)13(11)9-19-8-12-6-7-16(18)14(12)10-19;/h3-5,12,14,16H,2,6-10,18H2,1H3;1H. The topological polar surface area (TPSA) is 29.3 Å². The van der Waals surface area contributed by atoms with Gasteiger partial charge in [-0.05, 0) is 48.3 Å². The number of rotatable bonds is 3. The zero-order valence-corrected chi connectivity index (χ0v) is 13.6. The van der Waals surface area contributed by atoms with Crippen LogP contribution in [0.15, 0.2) is 18.2 Å². The molecule has 0 aromatic heterocycles. The molecular formula is C16H24Cl2N2. The predicted molar refractivity (Wildman–Crippen MR) is 87.5 cm³/mol. The molecule has 4 heteroatoms. The van der Waals surface area contributed by atoms with Gasteiger partial charge in [0, 0.05) is 30.7 Å². The van der Waals surface area contributed by atoms with Gasteiger partial charge in [-0.2, -0.15) is 0 Å². The molecule has 2 N–H and O–H groups in total. The maximum atomic E-state index is 6.38. The summed E-state index contributed by atoms with van der Waals surface area (Å²) in [5.74, 6) is 1.54. The van der Waals surface area contributed by atoms with E-state index >= 15 is 0 Å². The van der Waals surface area contributed by atoms with E-state index in [4.69, 9.17) is 17.3 Å². The first-order valence-electron chi connectivity index (χ1n) is 7.43. The van der Waals surface area contributed by atoms with Gasteiger partial charge in [-0.3, -0.25) is 4.90 Å². The van der Waals surface area contributed by atoms with Gasteiger partial charge in [-0.1, -0.05) is 30.7 Å². The lowest BCUT2D eigenvalue weighted by Gasteiger charge is -2.20. The van der Waals surface area contributed by atoms with Gasteiger partial charge in [0.25, 0.3) is 0 Å². The Hall–Kier alpha value is -0.280. The molecule has 3 atom stereocenters. The summed E-state index contributed by atoms with van der Waals surface area (Å²) in [6, 6.07) is 6.69. The lowest BCUT2D eigenvalue weighted by atomic mass is 9.98. The summed E-state index contributed by atoms with van der Waals surface area (Å²) in [5.41, 5.74) is 8.91. The summed E-state index contributed by atoms with van der Waals surface area (Å²) < 4.78 is 0. The van der Waals surface area contributed by atoms with Gasteiger partial charge >= 0.3 is 0 Å². The number of halogens is 2. The summed E-state index contributed by atoms with van der Waals surface area (Å²) in [6.07, 6.45) is 3.58. The summed E-state index contributed by atoms with van der Waals surface area (Å²) in [5, 5.41) is 0.917. The zero-order chi connectivity index (χ0) is 13.4. The number of nitrogens with zero attached hydrogens (tertiary/aromatic N) is 1. The van der Waals surface area contributed by atoms with Crippen molar-refractivity contribution < 1.29 is 0 Å². The van der Waals surface area contributed by atoms with Crippen LogP contribution in [0.25, 0.3) is 0 Å². The molecular weight excluding hydrogens is 291 g/mol. The van der Waals surface area contributed by atoms with Gasteiger partial charge in [0.15, 0.2) is 0 Å². The Morgan fingerprint density at radius 2 is 2.10 bits per heavy atom. The van der Waals surface area contributed by atoms with Crippen molar-refractivity contribution in [3.8, 4) is 0 Å². The molecule has 1 heterocycles. The highest BCUT2D eigenvalue weighted by molar-refractivity contribution is 6.31. The molecule has 3 unspecified atom stereocenters. The maximum Gasteiger partial charge on any atom is 0.0453 e. The molecule has 0 spiro atoms. The molecule has 2 aliphatic rings. The number of hydrogen-bond acceptors (Lipinski definition) is 2. The van der Waals surface area contributed by atoms with Crippen LogP contribution in [0.1, 0.15) is 30.9 Å². The van der Waals surface area contributed by atoms with Crippen LogP contribution in [-0.4, -0.2) is 24.0 Å². The Morgan fingerprint density at radius 3 is 2.80 bits per heavy atom. The third-order valence-corrected chi connectivity index (χ3v) is 5.32. The second-order valence-electron chi connectivity index (χ2n) is 6.09. The van der Waals surface area contributed by atoms with E-state index in [1.54, 1.807) is 0 Å². The Labute approximate surface area is 133 Å². The van der Waals surface area contributed by atoms with Crippen molar-refractivity contribution >= 4 is 24.0 Å². The first-order chi connectivity index (χ1) is 9.19. The largest absolute Gasteiger partial charge is 0.327 e. The fourth-order valence-electron chi connectivity index (χ4n) is 3.86. The van der Waals surface area contributed by atoms with E-state index in [9.17, 15) is 0 Å². The van der Waals surface area contributed by atoms with Crippen LogP contribution in [0.3, 0.4) is 0 Å². The highest BCUT2D eigenvalue weighted by Crippen LogP contribution is 2.38. The van der Waals surface area contributed by atoms with Crippen molar-refractivity contribution in [1.29, 1.82) is 0 Å². The smallest absolute Gasteiger partial charge is 0.0453 e. The van der Waals surface area contributed by atoms with Gasteiger partial charge in [0.1, 0.15) is 0 Å². The molecule has 2 fully saturated rings. The van der Waals surface area contributed by atoms with Crippen molar-refractivity contribution in [2.75, 3.05) is 13.1 Å². The van der Waals surface area contributed by atoms with Crippen LogP contribution >= 0.6 is 24.0 Å². The number of likely N-dealkylation sites (tertiary alicyclic amines) is 1. The molecule has 112 valence electrons. The fourth-order valence-corrected chi connectivity index (χ4v) is 4.12. The van der Waals surface area contributed by atoms with Crippen LogP contribution in [0, 0.1) is 11.8 Å². The van der Waals surface area contributed by atoms with Crippen LogP contribution < -0.4 is 5.73 Å². The molecule has 1 aliphatic carbocycles. The van der Waals surface area contributed by atoms with Crippen LogP contribution in [0.4, 0.5) is 0 Å². The Bertz CT molecular complexity index is 464. The van der Waals surface area contributed by atoms with Crippen LogP contribution in [0.2, 0.25) is 5.02 Å². The fraction of sp³-hybridized carbons (Fsp3) is 0.625. The van der Waals surface area contributed by atoms with E-state index in [0.29, 0.717) is 12.0 Å². The van der Waals surface area contributed by atoms with E-state index in [1.165, 1.54) is 30.5 Å². The van der Waals surface area contributed by atoms with Gasteiger partial charge in [-0.15, -0.1) is 12.4 Å². The van der Waals surface area contributed by atoms with Gasteiger partial charge in [0.05, 0.1) is 0 Å². The second kappa shape index (κ2) is 6.65. The molecule has 0 bridgehead atoms. The quantitative estimate of drug-likeness (QED) is 0.925. The lowest BCUT2D eigenvalue weighted by molar-refractivity contribution is 0.297. The molecule has 1 saturated carbocycles. The third-order valence-electron chi connectivity index (χ3n) is 4.97. The number of aryl methyl sites for hydroxylation is 1. The predicted octanol–water partition coefficient (Wildman–Crippen LogP) is 3.49. The van der Waals surface area contributed by atoms with Gasteiger partial charge < -0.3 is 5.73 Å². The zero-order valence-electron chi connectivity index (χ0n) is 12.0. The van der Waals surface area contributed by atoms with Crippen molar-refractivity contribution in [2.24, 2.45) is 17.6 Å². The highest BCUT2D eigenvalue weighted by atomic mass is 35.5. The van der Waals surface area contributed by atoms with E-state index in [1.807, 2.05) is 6.07 Å². The minimum absolute atomic E-state index is 0. The maximum absolute atomic E-state index is 6.38. The molecule has 20 heavy (non-hydrogen) atoms. The molecule has 2 nitrogen and oxygen atoms in total. The summed E-state index contributed by atoms with van der Waals surface area (Å²) in [7, 11) is 0. The normalized spacial score (nSPS) is 29.2.